The molecule has 0 bridgehead atoms. The van der Waals surface area contributed by atoms with Crippen molar-refractivity contribution in [1.82, 2.24) is 19.1 Å². The van der Waals surface area contributed by atoms with Gasteiger partial charge in [0.1, 0.15) is 0 Å². The van der Waals surface area contributed by atoms with Gasteiger partial charge in [0.05, 0.1) is 40.7 Å². The van der Waals surface area contributed by atoms with Crippen LogP contribution in [0.5, 0.6) is 5.88 Å². The Kier molecular flexibility index (Phi) is 4.71. The summed E-state index contributed by atoms with van der Waals surface area (Å²) in [4.78, 5) is 22.7. The maximum absolute atomic E-state index is 13.7. The fourth-order valence-corrected chi connectivity index (χ4v) is 3.86. The van der Waals surface area contributed by atoms with E-state index in [9.17, 15) is 4.79 Å². The summed E-state index contributed by atoms with van der Waals surface area (Å²) in [6, 6.07) is 16.7. The summed E-state index contributed by atoms with van der Waals surface area (Å²) < 4.78 is 9.17. The highest BCUT2D eigenvalue weighted by molar-refractivity contribution is 6.30. The van der Waals surface area contributed by atoms with Gasteiger partial charge >= 0.3 is 0 Å². The molecular formula is C24H19ClN4O2. The minimum atomic E-state index is -0.169. The quantitative estimate of drug-likeness (QED) is 0.403. The molecular weight excluding hydrogens is 412 g/mol. The summed E-state index contributed by atoms with van der Waals surface area (Å²) in [6.45, 7) is 2.40. The second kappa shape index (κ2) is 7.56. The predicted octanol–water partition coefficient (Wildman–Crippen LogP) is 4.99. The van der Waals surface area contributed by atoms with E-state index < -0.39 is 0 Å². The van der Waals surface area contributed by atoms with Crippen LogP contribution in [-0.2, 0) is 7.05 Å². The van der Waals surface area contributed by atoms with Crippen molar-refractivity contribution in [3.05, 3.63) is 82.5 Å². The summed E-state index contributed by atoms with van der Waals surface area (Å²) >= 11 is 6.08. The molecule has 0 aliphatic rings. The van der Waals surface area contributed by atoms with E-state index in [4.69, 9.17) is 16.3 Å². The number of aromatic nitrogens is 4. The van der Waals surface area contributed by atoms with Gasteiger partial charge in [0, 0.05) is 29.7 Å². The van der Waals surface area contributed by atoms with Crippen LogP contribution < -0.4 is 10.3 Å². The Labute approximate surface area is 183 Å². The topological polar surface area (TPSA) is 61.9 Å². The van der Waals surface area contributed by atoms with Gasteiger partial charge in [-0.25, -0.2) is 9.97 Å². The van der Waals surface area contributed by atoms with Gasteiger partial charge < -0.3 is 9.30 Å². The standard InChI is InChI=1S/C24H19ClN4O2/c1-3-31-21-11-6-16-13-29(18-9-10-19-20(12-18)28(2)14-26-19)24(30)22(23(16)27-21)15-4-7-17(25)8-5-15/h4-14H,3H2,1-2H3. The zero-order valence-electron chi connectivity index (χ0n) is 17.0. The Hall–Kier alpha value is -3.64. The van der Waals surface area contributed by atoms with Crippen molar-refractivity contribution in [3.8, 4) is 22.7 Å². The van der Waals surface area contributed by atoms with Gasteiger partial charge in [0.2, 0.25) is 5.88 Å². The van der Waals surface area contributed by atoms with Gasteiger partial charge in [-0.05, 0) is 48.9 Å². The van der Waals surface area contributed by atoms with E-state index in [-0.39, 0.29) is 5.56 Å². The van der Waals surface area contributed by atoms with E-state index in [2.05, 4.69) is 9.97 Å². The highest BCUT2D eigenvalue weighted by atomic mass is 35.5. The van der Waals surface area contributed by atoms with Gasteiger partial charge in [-0.1, -0.05) is 23.7 Å². The number of rotatable bonds is 4. The van der Waals surface area contributed by atoms with Crippen molar-refractivity contribution in [1.29, 1.82) is 0 Å². The van der Waals surface area contributed by atoms with E-state index in [1.807, 2.05) is 67.2 Å². The fraction of sp³-hybridized carbons (Fsp3) is 0.125. The molecule has 0 spiro atoms. The lowest BCUT2D eigenvalue weighted by Gasteiger charge is -2.13. The lowest BCUT2D eigenvalue weighted by atomic mass is 10.0. The molecule has 154 valence electrons. The SMILES string of the molecule is CCOc1ccc2cn(-c3ccc4ncn(C)c4c3)c(=O)c(-c3ccc(Cl)cc3)c2n1. The smallest absolute Gasteiger partial charge is 0.265 e. The Morgan fingerprint density at radius 1 is 1.06 bits per heavy atom. The zero-order chi connectivity index (χ0) is 21.5. The molecule has 31 heavy (non-hydrogen) atoms. The van der Waals surface area contributed by atoms with E-state index >= 15 is 0 Å². The maximum Gasteiger partial charge on any atom is 0.265 e. The summed E-state index contributed by atoms with van der Waals surface area (Å²) in [5, 5.41) is 1.44. The number of fused-ring (bicyclic) bond motifs is 2. The average molecular weight is 431 g/mol. The van der Waals surface area contributed by atoms with Gasteiger partial charge in [0.25, 0.3) is 5.56 Å². The summed E-state index contributed by atoms with van der Waals surface area (Å²) in [5.41, 5.74) is 4.25. The molecule has 7 heteroatoms. The van der Waals surface area contributed by atoms with Crippen molar-refractivity contribution < 1.29 is 4.74 Å². The predicted molar refractivity (Wildman–Crippen MR) is 123 cm³/mol. The summed E-state index contributed by atoms with van der Waals surface area (Å²) in [7, 11) is 1.93. The van der Waals surface area contributed by atoms with Crippen molar-refractivity contribution in [3.63, 3.8) is 0 Å². The summed E-state index contributed by atoms with van der Waals surface area (Å²) in [5.74, 6) is 0.485. The van der Waals surface area contributed by atoms with Crippen molar-refractivity contribution >= 4 is 33.5 Å². The van der Waals surface area contributed by atoms with Crippen LogP contribution in [0.1, 0.15) is 6.92 Å². The monoisotopic (exact) mass is 430 g/mol. The molecule has 2 aromatic carbocycles. The van der Waals surface area contributed by atoms with Crippen LogP contribution in [0.25, 0.3) is 38.8 Å². The zero-order valence-corrected chi connectivity index (χ0v) is 17.8. The molecule has 0 saturated carbocycles. The normalized spacial score (nSPS) is 11.3. The number of imidazole rings is 1. The first-order valence-corrected chi connectivity index (χ1v) is 10.3. The van der Waals surface area contributed by atoms with Crippen LogP contribution in [0.3, 0.4) is 0 Å². The van der Waals surface area contributed by atoms with Crippen molar-refractivity contribution in [2.24, 2.45) is 7.05 Å². The lowest BCUT2D eigenvalue weighted by molar-refractivity contribution is 0.328. The molecule has 3 heterocycles. The van der Waals surface area contributed by atoms with E-state index in [1.54, 1.807) is 23.0 Å². The summed E-state index contributed by atoms with van der Waals surface area (Å²) in [6.07, 6.45) is 3.58. The highest BCUT2D eigenvalue weighted by Crippen LogP contribution is 2.28. The Morgan fingerprint density at radius 2 is 1.87 bits per heavy atom. The number of pyridine rings is 2. The molecule has 0 radical (unpaired) electrons. The first kappa shape index (κ1) is 19.3. The van der Waals surface area contributed by atoms with Crippen LogP contribution in [0.2, 0.25) is 5.02 Å². The molecule has 0 unspecified atom stereocenters. The third-order valence-electron chi connectivity index (χ3n) is 5.25. The van der Waals surface area contributed by atoms with Crippen molar-refractivity contribution in [2.45, 2.75) is 6.92 Å². The molecule has 5 aromatic rings. The third-order valence-corrected chi connectivity index (χ3v) is 5.50. The number of aryl methyl sites for hydroxylation is 1. The Bertz CT molecular complexity index is 1490. The van der Waals surface area contributed by atoms with E-state index in [0.29, 0.717) is 28.6 Å². The highest BCUT2D eigenvalue weighted by Gasteiger charge is 2.16. The van der Waals surface area contributed by atoms with E-state index in [0.717, 1.165) is 27.7 Å². The lowest BCUT2D eigenvalue weighted by Crippen LogP contribution is -2.20. The minimum absolute atomic E-state index is 0.169. The fourth-order valence-electron chi connectivity index (χ4n) is 3.74. The molecule has 0 amide bonds. The molecule has 0 N–H and O–H groups in total. The first-order valence-electron chi connectivity index (χ1n) is 9.92. The third kappa shape index (κ3) is 3.35. The molecule has 0 aliphatic heterocycles. The largest absolute Gasteiger partial charge is 0.478 e. The van der Waals surface area contributed by atoms with Crippen LogP contribution in [0.4, 0.5) is 0 Å². The number of nitrogens with zero attached hydrogens (tertiary/aromatic N) is 4. The van der Waals surface area contributed by atoms with Gasteiger partial charge in [-0.3, -0.25) is 9.36 Å². The van der Waals surface area contributed by atoms with Gasteiger partial charge in [-0.2, -0.15) is 0 Å². The van der Waals surface area contributed by atoms with Crippen LogP contribution in [0.15, 0.2) is 71.9 Å². The Balaban J connectivity index is 1.82. The van der Waals surface area contributed by atoms with Gasteiger partial charge in [-0.15, -0.1) is 0 Å². The number of hydrogen-bond donors (Lipinski definition) is 0. The number of halogens is 1. The molecule has 0 aliphatic carbocycles. The second-order valence-electron chi connectivity index (χ2n) is 7.23. The van der Waals surface area contributed by atoms with Crippen molar-refractivity contribution in [2.75, 3.05) is 6.61 Å². The molecule has 6 nitrogen and oxygen atoms in total. The first-order chi connectivity index (χ1) is 15.0. The van der Waals surface area contributed by atoms with Crippen LogP contribution in [0, 0.1) is 0 Å². The molecule has 3 aromatic heterocycles. The molecule has 0 saturated heterocycles. The maximum atomic E-state index is 13.7. The molecule has 5 rings (SSSR count). The average Bonchev–Trinajstić information content (AvgIpc) is 3.15. The van der Waals surface area contributed by atoms with Crippen LogP contribution >= 0.6 is 11.6 Å². The number of ether oxygens (including phenoxy) is 1. The molecule has 0 fully saturated rings. The van der Waals surface area contributed by atoms with E-state index in [1.165, 1.54) is 0 Å². The minimum Gasteiger partial charge on any atom is -0.478 e. The second-order valence-corrected chi connectivity index (χ2v) is 7.67. The molecule has 0 atom stereocenters. The Morgan fingerprint density at radius 3 is 2.65 bits per heavy atom. The number of benzene rings is 2. The number of hydrogen-bond acceptors (Lipinski definition) is 4. The van der Waals surface area contributed by atoms with Crippen LogP contribution in [-0.4, -0.2) is 25.7 Å². The van der Waals surface area contributed by atoms with Gasteiger partial charge in [0.15, 0.2) is 0 Å².